The minimum absolute atomic E-state index is 0.343. The van der Waals surface area contributed by atoms with Crippen LogP contribution in [0.1, 0.15) is 4.88 Å². The molecule has 3 aromatic rings. The first-order valence-electron chi connectivity index (χ1n) is 6.31. The summed E-state index contributed by atoms with van der Waals surface area (Å²) in [6.45, 7) is 0. The Balaban J connectivity index is 1.81. The molecule has 0 spiro atoms. The van der Waals surface area contributed by atoms with Gasteiger partial charge in [0.05, 0.1) is 10.6 Å². The topological polar surface area (TPSA) is 32.6 Å². The van der Waals surface area contributed by atoms with Gasteiger partial charge in [-0.25, -0.2) is 0 Å². The van der Waals surface area contributed by atoms with Crippen molar-refractivity contribution in [3.05, 3.63) is 65.6 Å². The van der Waals surface area contributed by atoms with Crippen molar-refractivity contribution < 1.29 is 5.11 Å². The highest BCUT2D eigenvalue weighted by Crippen LogP contribution is 2.37. The van der Waals surface area contributed by atoms with Crippen LogP contribution in [0.25, 0.3) is 16.2 Å². The molecule has 3 heteroatoms. The zero-order chi connectivity index (χ0) is 13.8. The van der Waals surface area contributed by atoms with Crippen LogP contribution in [0.5, 0.6) is 5.75 Å². The van der Waals surface area contributed by atoms with E-state index in [0.717, 1.165) is 20.7 Å². The van der Waals surface area contributed by atoms with Crippen LogP contribution in [0, 0.1) is 0 Å². The maximum atomic E-state index is 10.1. The normalized spacial score (nSPS) is 11.8. The number of hydrogen-bond acceptors (Lipinski definition) is 3. The van der Waals surface area contributed by atoms with Crippen LogP contribution in [0.4, 0.5) is 5.69 Å². The molecule has 0 aliphatic rings. The lowest BCUT2D eigenvalue weighted by atomic mass is 10.2. The van der Waals surface area contributed by atoms with Crippen molar-refractivity contribution in [3.8, 4) is 5.75 Å². The number of nitrogens with zero attached hydrogens (tertiary/aromatic N) is 1. The highest BCUT2D eigenvalue weighted by Gasteiger charge is 2.06. The van der Waals surface area contributed by atoms with Gasteiger partial charge in [0.2, 0.25) is 0 Å². The largest absolute Gasteiger partial charge is 0.506 e. The molecule has 0 unspecified atom stereocenters. The Kier molecular flexibility index (Phi) is 3.61. The van der Waals surface area contributed by atoms with Crippen molar-refractivity contribution in [1.82, 2.24) is 0 Å². The third kappa shape index (κ3) is 2.63. The van der Waals surface area contributed by atoms with Crippen molar-refractivity contribution >= 4 is 39.4 Å². The molecule has 0 bridgehead atoms. The predicted octanol–water partition coefficient (Wildman–Crippen LogP) is 5.02. The third-order valence-corrected chi connectivity index (χ3v) is 4.03. The maximum absolute atomic E-state index is 10.1. The van der Waals surface area contributed by atoms with Gasteiger partial charge in [-0.1, -0.05) is 30.3 Å². The standard InChI is InChI=1S/C17H13NOS/c19-17-14-9-4-5-10-15(14)20-16(17)11-6-12-18-13-7-2-1-3-8-13/h1-12,19H/b11-6+,18-12?. The summed E-state index contributed by atoms with van der Waals surface area (Å²) < 4.78 is 1.09. The number of rotatable bonds is 3. The molecule has 3 rings (SSSR count). The van der Waals surface area contributed by atoms with E-state index >= 15 is 0 Å². The fourth-order valence-corrected chi connectivity index (χ4v) is 2.95. The highest BCUT2D eigenvalue weighted by atomic mass is 32.1. The monoisotopic (exact) mass is 279 g/mol. The van der Waals surface area contributed by atoms with E-state index in [-0.39, 0.29) is 0 Å². The minimum Gasteiger partial charge on any atom is -0.506 e. The molecule has 2 aromatic carbocycles. The highest BCUT2D eigenvalue weighted by molar-refractivity contribution is 7.20. The lowest BCUT2D eigenvalue weighted by Crippen LogP contribution is -1.67. The first kappa shape index (κ1) is 12.6. The van der Waals surface area contributed by atoms with E-state index in [9.17, 15) is 5.11 Å². The van der Waals surface area contributed by atoms with Gasteiger partial charge in [-0.15, -0.1) is 11.3 Å². The van der Waals surface area contributed by atoms with Gasteiger partial charge in [0.25, 0.3) is 0 Å². The molecule has 2 nitrogen and oxygen atoms in total. The van der Waals surface area contributed by atoms with E-state index in [1.807, 2.05) is 66.7 Å². The summed E-state index contributed by atoms with van der Waals surface area (Å²) in [6, 6.07) is 17.6. The number of hydrogen-bond donors (Lipinski definition) is 1. The SMILES string of the molecule is Oc1c(/C=C/C=Nc2ccccc2)sc2ccccc12. The molecule has 0 aliphatic heterocycles. The van der Waals surface area contributed by atoms with E-state index in [4.69, 9.17) is 0 Å². The molecule has 1 N–H and O–H groups in total. The number of allylic oxidation sites excluding steroid dienone is 1. The summed E-state index contributed by atoms with van der Waals surface area (Å²) in [4.78, 5) is 5.17. The van der Waals surface area contributed by atoms with Crippen molar-refractivity contribution in [2.75, 3.05) is 0 Å². The summed E-state index contributed by atoms with van der Waals surface area (Å²) in [5.41, 5.74) is 0.915. The molecule has 98 valence electrons. The lowest BCUT2D eigenvalue weighted by Gasteiger charge is -1.90. The van der Waals surface area contributed by atoms with Crippen LogP contribution in [0.3, 0.4) is 0 Å². The molecule has 0 saturated heterocycles. The Hall–Kier alpha value is -2.39. The number of thiophene rings is 1. The lowest BCUT2D eigenvalue weighted by molar-refractivity contribution is 0.482. The number of aliphatic imine (C=N–C) groups is 1. The zero-order valence-corrected chi connectivity index (χ0v) is 11.5. The fourth-order valence-electron chi connectivity index (χ4n) is 1.94. The van der Waals surface area contributed by atoms with Crippen LogP contribution < -0.4 is 0 Å². The first-order valence-corrected chi connectivity index (χ1v) is 7.12. The van der Waals surface area contributed by atoms with E-state index in [1.165, 1.54) is 0 Å². The van der Waals surface area contributed by atoms with Gasteiger partial charge in [-0.2, -0.15) is 0 Å². The Morgan fingerprint density at radius 2 is 1.70 bits per heavy atom. The molecule has 0 fully saturated rings. The number of benzene rings is 2. The third-order valence-electron chi connectivity index (χ3n) is 2.91. The van der Waals surface area contributed by atoms with Gasteiger partial charge in [-0.05, 0) is 36.4 Å². The molecule has 1 heterocycles. The van der Waals surface area contributed by atoms with Gasteiger partial charge in [0.15, 0.2) is 0 Å². The van der Waals surface area contributed by atoms with Crippen molar-refractivity contribution in [2.24, 2.45) is 4.99 Å². The summed E-state index contributed by atoms with van der Waals surface area (Å²) in [6.07, 6.45) is 5.46. The molecule has 0 amide bonds. The van der Waals surface area contributed by atoms with E-state index < -0.39 is 0 Å². The van der Waals surface area contributed by atoms with Crippen molar-refractivity contribution in [1.29, 1.82) is 0 Å². The van der Waals surface area contributed by atoms with Gasteiger partial charge >= 0.3 is 0 Å². The van der Waals surface area contributed by atoms with Crippen LogP contribution >= 0.6 is 11.3 Å². The van der Waals surface area contributed by atoms with E-state index in [0.29, 0.717) is 5.75 Å². The molecular weight excluding hydrogens is 266 g/mol. The number of fused-ring (bicyclic) bond motifs is 1. The van der Waals surface area contributed by atoms with Gasteiger partial charge in [-0.3, -0.25) is 4.99 Å². The van der Waals surface area contributed by atoms with Crippen LogP contribution in [0.2, 0.25) is 0 Å². The Morgan fingerprint density at radius 3 is 2.50 bits per heavy atom. The molecular formula is C17H13NOS. The second kappa shape index (κ2) is 5.72. The number of para-hydroxylation sites is 1. The zero-order valence-electron chi connectivity index (χ0n) is 10.7. The summed E-state index contributed by atoms with van der Waals surface area (Å²) >= 11 is 1.57. The average Bonchev–Trinajstić information content (AvgIpc) is 2.82. The second-order valence-corrected chi connectivity index (χ2v) is 5.37. The van der Waals surface area contributed by atoms with Gasteiger partial charge in [0, 0.05) is 16.3 Å². The van der Waals surface area contributed by atoms with Crippen LogP contribution in [0.15, 0.2) is 65.7 Å². The second-order valence-electron chi connectivity index (χ2n) is 4.28. The molecule has 20 heavy (non-hydrogen) atoms. The Labute approximate surface area is 121 Å². The van der Waals surface area contributed by atoms with Gasteiger partial charge in [0.1, 0.15) is 5.75 Å². The van der Waals surface area contributed by atoms with Gasteiger partial charge < -0.3 is 5.11 Å². The van der Waals surface area contributed by atoms with Crippen molar-refractivity contribution in [3.63, 3.8) is 0 Å². The molecule has 0 aliphatic carbocycles. The van der Waals surface area contributed by atoms with E-state index in [2.05, 4.69) is 4.99 Å². The first-order chi connectivity index (χ1) is 9.84. The van der Waals surface area contributed by atoms with Crippen molar-refractivity contribution in [2.45, 2.75) is 0 Å². The Morgan fingerprint density at radius 1 is 0.950 bits per heavy atom. The maximum Gasteiger partial charge on any atom is 0.141 e. The van der Waals surface area contributed by atoms with Crippen LogP contribution in [-0.2, 0) is 0 Å². The summed E-state index contributed by atoms with van der Waals surface area (Å²) in [7, 11) is 0. The summed E-state index contributed by atoms with van der Waals surface area (Å²) in [5, 5.41) is 11.0. The fraction of sp³-hybridized carbons (Fsp3) is 0. The smallest absolute Gasteiger partial charge is 0.141 e. The number of aromatic hydroxyl groups is 1. The van der Waals surface area contributed by atoms with Crippen LogP contribution in [-0.4, -0.2) is 11.3 Å². The molecule has 0 radical (unpaired) electrons. The summed E-state index contributed by atoms with van der Waals surface area (Å²) in [5.74, 6) is 0.343. The molecule has 0 saturated carbocycles. The Bertz CT molecular complexity index is 772. The quantitative estimate of drug-likeness (QED) is 0.671. The molecule has 1 aromatic heterocycles. The average molecular weight is 279 g/mol. The molecule has 0 atom stereocenters. The predicted molar refractivity (Wildman–Crippen MR) is 87.1 cm³/mol. The van der Waals surface area contributed by atoms with E-state index in [1.54, 1.807) is 17.6 Å². The minimum atomic E-state index is 0.343.